The summed E-state index contributed by atoms with van der Waals surface area (Å²) in [5.41, 5.74) is 3.70. The number of aryl methyl sites for hydroxylation is 2. The number of halogens is 1. The second kappa shape index (κ2) is 7.72. The van der Waals surface area contributed by atoms with E-state index in [-0.39, 0.29) is 0 Å². The Hall–Kier alpha value is -0.540. The topological polar surface area (TPSA) is 27.1 Å². The third-order valence-corrected chi connectivity index (χ3v) is 3.29. The summed E-state index contributed by atoms with van der Waals surface area (Å²) in [6, 6.07) is 0. The Morgan fingerprint density at radius 1 is 1.24 bits per heavy atom. The van der Waals surface area contributed by atoms with Crippen LogP contribution in [0.15, 0.2) is 0 Å². The zero-order chi connectivity index (χ0) is 12.7. The third-order valence-electron chi connectivity index (χ3n) is 3.02. The van der Waals surface area contributed by atoms with Gasteiger partial charge in [0.2, 0.25) is 0 Å². The van der Waals surface area contributed by atoms with Crippen LogP contribution in [-0.4, -0.2) is 23.5 Å². The number of rotatable bonds is 8. The Morgan fingerprint density at radius 2 is 2.00 bits per heavy atom. The quantitative estimate of drug-likeness (QED) is 0.529. The van der Waals surface area contributed by atoms with Gasteiger partial charge in [-0.15, -0.1) is 11.6 Å². The van der Waals surface area contributed by atoms with Gasteiger partial charge in [0.15, 0.2) is 0 Å². The molecule has 3 nitrogen and oxygen atoms in total. The van der Waals surface area contributed by atoms with Crippen molar-refractivity contribution in [3.8, 4) is 0 Å². The molecule has 0 amide bonds. The second-order valence-corrected chi connectivity index (χ2v) is 4.40. The Bertz CT molecular complexity index is 336. The molecule has 17 heavy (non-hydrogen) atoms. The van der Waals surface area contributed by atoms with Crippen LogP contribution in [0.1, 0.15) is 43.6 Å². The zero-order valence-electron chi connectivity index (χ0n) is 11.1. The summed E-state index contributed by atoms with van der Waals surface area (Å²) in [6.07, 6.45) is 4.14. The Labute approximate surface area is 109 Å². The summed E-state index contributed by atoms with van der Waals surface area (Å²) >= 11 is 6.02. The molecular formula is C13H23ClN2O. The first-order valence-corrected chi connectivity index (χ1v) is 6.94. The lowest BCUT2D eigenvalue weighted by atomic mass is 10.1. The first kappa shape index (κ1) is 14.5. The molecule has 0 atom stereocenters. The number of alkyl halides is 1. The molecule has 0 saturated heterocycles. The van der Waals surface area contributed by atoms with Gasteiger partial charge in [-0.2, -0.15) is 5.10 Å². The lowest BCUT2D eigenvalue weighted by Gasteiger charge is -2.06. The summed E-state index contributed by atoms with van der Waals surface area (Å²) in [5.74, 6) is 0.574. The van der Waals surface area contributed by atoms with Gasteiger partial charge in [-0.25, -0.2) is 0 Å². The van der Waals surface area contributed by atoms with Gasteiger partial charge in [0.25, 0.3) is 0 Å². The largest absolute Gasteiger partial charge is 0.385 e. The fourth-order valence-corrected chi connectivity index (χ4v) is 2.42. The molecule has 0 aliphatic heterocycles. The van der Waals surface area contributed by atoms with Crippen LogP contribution in [0.5, 0.6) is 0 Å². The van der Waals surface area contributed by atoms with E-state index in [9.17, 15) is 0 Å². The van der Waals surface area contributed by atoms with Crippen molar-refractivity contribution in [1.82, 2.24) is 9.78 Å². The lowest BCUT2D eigenvalue weighted by Crippen LogP contribution is -2.06. The average Bonchev–Trinajstić information content (AvgIpc) is 2.71. The van der Waals surface area contributed by atoms with E-state index in [0.717, 1.165) is 44.5 Å². The summed E-state index contributed by atoms with van der Waals surface area (Å²) in [4.78, 5) is 0. The van der Waals surface area contributed by atoms with Gasteiger partial charge in [0.1, 0.15) is 0 Å². The molecular weight excluding hydrogens is 236 g/mol. The molecule has 0 radical (unpaired) electrons. The predicted octanol–water partition coefficient (Wildman–Crippen LogP) is 3.17. The van der Waals surface area contributed by atoms with E-state index in [0.29, 0.717) is 5.88 Å². The SMILES string of the molecule is CCc1nn(CCCCOC)c(CC)c1CCl. The van der Waals surface area contributed by atoms with Gasteiger partial charge in [-0.05, 0) is 25.7 Å². The molecule has 4 heteroatoms. The van der Waals surface area contributed by atoms with Crippen LogP contribution in [0.3, 0.4) is 0 Å². The number of unbranched alkanes of at least 4 members (excludes halogenated alkanes) is 1. The van der Waals surface area contributed by atoms with Crippen molar-refractivity contribution < 1.29 is 4.74 Å². The Kier molecular flexibility index (Phi) is 6.60. The monoisotopic (exact) mass is 258 g/mol. The Balaban J connectivity index is 2.73. The van der Waals surface area contributed by atoms with E-state index in [1.807, 2.05) is 0 Å². The van der Waals surface area contributed by atoms with Gasteiger partial charge in [-0.3, -0.25) is 4.68 Å². The van der Waals surface area contributed by atoms with E-state index < -0.39 is 0 Å². The van der Waals surface area contributed by atoms with Gasteiger partial charge in [-0.1, -0.05) is 13.8 Å². The number of ether oxygens (including phenoxy) is 1. The lowest BCUT2D eigenvalue weighted by molar-refractivity contribution is 0.191. The van der Waals surface area contributed by atoms with Crippen molar-refractivity contribution in [2.24, 2.45) is 0 Å². The van der Waals surface area contributed by atoms with Crippen LogP contribution in [-0.2, 0) is 30.0 Å². The highest BCUT2D eigenvalue weighted by Gasteiger charge is 2.13. The van der Waals surface area contributed by atoms with Crippen molar-refractivity contribution in [3.63, 3.8) is 0 Å². The van der Waals surface area contributed by atoms with Gasteiger partial charge in [0.05, 0.1) is 11.6 Å². The van der Waals surface area contributed by atoms with Crippen molar-refractivity contribution in [1.29, 1.82) is 0 Å². The summed E-state index contributed by atoms with van der Waals surface area (Å²) in [6.45, 7) is 6.09. The van der Waals surface area contributed by atoms with Crippen molar-refractivity contribution in [2.75, 3.05) is 13.7 Å². The van der Waals surface area contributed by atoms with Crippen molar-refractivity contribution >= 4 is 11.6 Å². The van der Waals surface area contributed by atoms with Crippen LogP contribution in [0.2, 0.25) is 0 Å². The zero-order valence-corrected chi connectivity index (χ0v) is 11.9. The highest BCUT2D eigenvalue weighted by molar-refractivity contribution is 6.17. The molecule has 98 valence electrons. The predicted molar refractivity (Wildman–Crippen MR) is 71.7 cm³/mol. The molecule has 0 aromatic carbocycles. The molecule has 0 spiro atoms. The number of hydrogen-bond donors (Lipinski definition) is 0. The molecule has 0 saturated carbocycles. The van der Waals surface area contributed by atoms with Gasteiger partial charge in [0, 0.05) is 31.5 Å². The smallest absolute Gasteiger partial charge is 0.0668 e. The maximum absolute atomic E-state index is 6.02. The number of methoxy groups -OCH3 is 1. The average molecular weight is 259 g/mol. The van der Waals surface area contributed by atoms with E-state index >= 15 is 0 Å². The maximum Gasteiger partial charge on any atom is 0.0668 e. The van der Waals surface area contributed by atoms with E-state index in [2.05, 4.69) is 23.6 Å². The molecule has 1 rings (SSSR count). The van der Waals surface area contributed by atoms with Crippen LogP contribution in [0.25, 0.3) is 0 Å². The third kappa shape index (κ3) is 3.71. The minimum absolute atomic E-state index is 0.574. The molecule has 0 aliphatic rings. The maximum atomic E-state index is 6.02. The molecule has 0 N–H and O–H groups in total. The molecule has 0 fully saturated rings. The summed E-state index contributed by atoms with van der Waals surface area (Å²) in [7, 11) is 1.74. The van der Waals surface area contributed by atoms with Crippen molar-refractivity contribution in [3.05, 3.63) is 17.0 Å². The van der Waals surface area contributed by atoms with Gasteiger partial charge < -0.3 is 4.74 Å². The van der Waals surface area contributed by atoms with E-state index in [1.165, 1.54) is 11.3 Å². The molecule has 0 aliphatic carbocycles. The normalized spacial score (nSPS) is 11.1. The number of hydrogen-bond acceptors (Lipinski definition) is 2. The highest BCUT2D eigenvalue weighted by Crippen LogP contribution is 2.19. The van der Waals surface area contributed by atoms with E-state index in [1.54, 1.807) is 7.11 Å². The van der Waals surface area contributed by atoms with Crippen molar-refractivity contribution in [2.45, 2.75) is 52.0 Å². The summed E-state index contributed by atoms with van der Waals surface area (Å²) < 4.78 is 7.19. The standard InChI is InChI=1S/C13H23ClN2O/c1-4-12-11(10-14)13(5-2)16(15-12)8-6-7-9-17-3/h4-10H2,1-3H3. The first-order chi connectivity index (χ1) is 8.28. The fourth-order valence-electron chi connectivity index (χ4n) is 2.12. The molecule has 1 aromatic rings. The van der Waals surface area contributed by atoms with Crippen LogP contribution < -0.4 is 0 Å². The van der Waals surface area contributed by atoms with Crippen LogP contribution in [0.4, 0.5) is 0 Å². The first-order valence-electron chi connectivity index (χ1n) is 6.40. The minimum atomic E-state index is 0.574. The molecule has 1 aromatic heterocycles. The fraction of sp³-hybridized carbons (Fsp3) is 0.769. The number of aromatic nitrogens is 2. The number of nitrogens with zero attached hydrogens (tertiary/aromatic N) is 2. The molecule has 0 unspecified atom stereocenters. The molecule has 1 heterocycles. The second-order valence-electron chi connectivity index (χ2n) is 4.14. The Morgan fingerprint density at radius 3 is 2.53 bits per heavy atom. The van der Waals surface area contributed by atoms with Gasteiger partial charge >= 0.3 is 0 Å². The van der Waals surface area contributed by atoms with Crippen LogP contribution in [0, 0.1) is 0 Å². The molecule has 0 bridgehead atoms. The summed E-state index contributed by atoms with van der Waals surface area (Å²) in [5, 5.41) is 4.66. The van der Waals surface area contributed by atoms with E-state index in [4.69, 9.17) is 16.3 Å². The van der Waals surface area contributed by atoms with Crippen LogP contribution >= 0.6 is 11.6 Å². The highest BCUT2D eigenvalue weighted by atomic mass is 35.5. The minimum Gasteiger partial charge on any atom is -0.385 e.